The Morgan fingerprint density at radius 3 is 2.83 bits per heavy atom. The van der Waals surface area contributed by atoms with Gasteiger partial charge in [0.15, 0.2) is 0 Å². The molecule has 0 radical (unpaired) electrons. The van der Waals surface area contributed by atoms with Crippen LogP contribution in [0, 0.1) is 0 Å². The quantitative estimate of drug-likeness (QED) is 0.602. The lowest BCUT2D eigenvalue weighted by Gasteiger charge is -1.85. The molecule has 0 saturated heterocycles. The standard InChI is InChI=1S/C10H12N2/c1-3-5-6-10-9(4-2)7-11-8-12-10/h3-8H,1-2H3/b5-3-,9-4-,10-6+. The summed E-state index contributed by atoms with van der Waals surface area (Å²) in [5.74, 6) is 0. The zero-order valence-electron chi connectivity index (χ0n) is 7.36. The molecule has 0 spiro atoms. The van der Waals surface area contributed by atoms with Gasteiger partial charge in [-0.05, 0) is 19.9 Å². The first kappa shape index (κ1) is 8.65. The molecule has 0 atom stereocenters. The molecule has 12 heavy (non-hydrogen) atoms. The molecule has 0 aliphatic rings. The van der Waals surface area contributed by atoms with Crippen LogP contribution >= 0.6 is 0 Å². The number of aromatic nitrogens is 2. The number of hydrogen-bond donors (Lipinski definition) is 0. The van der Waals surface area contributed by atoms with E-state index in [0.717, 1.165) is 10.6 Å². The lowest BCUT2D eigenvalue weighted by molar-refractivity contribution is 1.10. The van der Waals surface area contributed by atoms with Gasteiger partial charge in [0.25, 0.3) is 0 Å². The van der Waals surface area contributed by atoms with Gasteiger partial charge in [-0.3, -0.25) is 0 Å². The second-order valence-corrected chi connectivity index (χ2v) is 2.34. The van der Waals surface area contributed by atoms with E-state index in [-0.39, 0.29) is 0 Å². The number of nitrogens with zero attached hydrogens (tertiary/aromatic N) is 2. The Kier molecular flexibility index (Phi) is 3.20. The highest BCUT2D eigenvalue weighted by Crippen LogP contribution is 1.69. The molecule has 1 rings (SSSR count). The fourth-order valence-corrected chi connectivity index (χ4v) is 0.899. The number of rotatable bonds is 1. The van der Waals surface area contributed by atoms with Crippen molar-refractivity contribution < 1.29 is 0 Å². The minimum absolute atomic E-state index is 0.964. The smallest absolute Gasteiger partial charge is 0.116 e. The Morgan fingerprint density at radius 2 is 2.17 bits per heavy atom. The van der Waals surface area contributed by atoms with Gasteiger partial charge < -0.3 is 0 Å². The molecule has 0 amide bonds. The maximum Gasteiger partial charge on any atom is 0.116 e. The maximum absolute atomic E-state index is 4.14. The third-order valence-corrected chi connectivity index (χ3v) is 1.53. The van der Waals surface area contributed by atoms with Gasteiger partial charge in [0, 0.05) is 11.4 Å². The van der Waals surface area contributed by atoms with E-state index in [1.165, 1.54) is 0 Å². The Bertz CT molecular complexity index is 377. The Morgan fingerprint density at radius 1 is 1.33 bits per heavy atom. The highest BCUT2D eigenvalue weighted by Gasteiger charge is 1.80. The van der Waals surface area contributed by atoms with E-state index < -0.39 is 0 Å². The first-order valence-corrected chi connectivity index (χ1v) is 3.94. The van der Waals surface area contributed by atoms with Crippen LogP contribution in [0.4, 0.5) is 0 Å². The second-order valence-electron chi connectivity index (χ2n) is 2.34. The van der Waals surface area contributed by atoms with Gasteiger partial charge in [-0.2, -0.15) is 0 Å². The second kappa shape index (κ2) is 4.44. The van der Waals surface area contributed by atoms with Crippen molar-refractivity contribution in [3.63, 3.8) is 0 Å². The summed E-state index contributed by atoms with van der Waals surface area (Å²) in [5, 5.41) is 2.03. The van der Waals surface area contributed by atoms with E-state index in [2.05, 4.69) is 9.97 Å². The van der Waals surface area contributed by atoms with E-state index in [9.17, 15) is 0 Å². The fourth-order valence-electron chi connectivity index (χ4n) is 0.899. The van der Waals surface area contributed by atoms with Crippen LogP contribution in [0.2, 0.25) is 0 Å². The molecule has 0 saturated carbocycles. The van der Waals surface area contributed by atoms with Crippen LogP contribution in [0.15, 0.2) is 24.7 Å². The summed E-state index contributed by atoms with van der Waals surface area (Å²) >= 11 is 0. The maximum atomic E-state index is 4.14. The van der Waals surface area contributed by atoms with Crippen LogP contribution < -0.4 is 10.6 Å². The first-order valence-electron chi connectivity index (χ1n) is 3.94. The average molecular weight is 160 g/mol. The Hall–Kier alpha value is -1.44. The summed E-state index contributed by atoms with van der Waals surface area (Å²) in [6.45, 7) is 3.96. The van der Waals surface area contributed by atoms with Gasteiger partial charge in [-0.1, -0.05) is 18.2 Å². The lowest BCUT2D eigenvalue weighted by Crippen LogP contribution is -2.27. The predicted octanol–water partition coefficient (Wildman–Crippen LogP) is 0.634. The van der Waals surface area contributed by atoms with Gasteiger partial charge >= 0.3 is 0 Å². The lowest BCUT2D eigenvalue weighted by atomic mass is 10.3. The summed E-state index contributed by atoms with van der Waals surface area (Å²) < 4.78 is 0. The minimum atomic E-state index is 0.964. The molecule has 2 heteroatoms. The molecule has 0 aliphatic heterocycles. The molecule has 0 aliphatic carbocycles. The van der Waals surface area contributed by atoms with Gasteiger partial charge in [0.2, 0.25) is 0 Å². The Balaban J connectivity index is 3.33. The average Bonchev–Trinajstić information content (AvgIpc) is 2.15. The van der Waals surface area contributed by atoms with Crippen LogP contribution in [-0.4, -0.2) is 9.97 Å². The van der Waals surface area contributed by atoms with Crippen molar-refractivity contribution in [2.24, 2.45) is 0 Å². The summed E-state index contributed by atoms with van der Waals surface area (Å²) in [5.41, 5.74) is 0. The molecular formula is C10H12N2. The van der Waals surface area contributed by atoms with Crippen LogP contribution in [-0.2, 0) is 0 Å². The van der Waals surface area contributed by atoms with Gasteiger partial charge in [0.1, 0.15) is 6.33 Å². The van der Waals surface area contributed by atoms with Crippen LogP contribution in [0.1, 0.15) is 13.8 Å². The van der Waals surface area contributed by atoms with E-state index in [1.54, 1.807) is 6.33 Å². The van der Waals surface area contributed by atoms with Gasteiger partial charge in [-0.25, -0.2) is 9.97 Å². The SMILES string of the molecule is C\C=C/C=c1/ncnc/c1=C/C. The minimum Gasteiger partial charge on any atom is -0.244 e. The van der Waals surface area contributed by atoms with Crippen LogP contribution in [0.25, 0.3) is 12.2 Å². The molecule has 0 aromatic carbocycles. The molecule has 0 N–H and O–H groups in total. The van der Waals surface area contributed by atoms with Gasteiger partial charge in [0.05, 0.1) is 5.35 Å². The van der Waals surface area contributed by atoms with Crippen molar-refractivity contribution in [2.75, 3.05) is 0 Å². The third-order valence-electron chi connectivity index (χ3n) is 1.53. The fraction of sp³-hybridized carbons (Fsp3) is 0.200. The van der Waals surface area contributed by atoms with Crippen molar-refractivity contribution in [3.8, 4) is 0 Å². The molecule has 0 bridgehead atoms. The molecule has 1 aromatic heterocycles. The monoisotopic (exact) mass is 160 g/mol. The number of allylic oxidation sites excluding steroid dienone is 2. The first-order chi connectivity index (χ1) is 5.88. The highest BCUT2D eigenvalue weighted by atomic mass is 14.8. The van der Waals surface area contributed by atoms with Crippen molar-refractivity contribution >= 4 is 12.2 Å². The van der Waals surface area contributed by atoms with E-state index >= 15 is 0 Å². The normalized spacial score (nSPS) is 14.5. The molecule has 0 unspecified atom stereocenters. The van der Waals surface area contributed by atoms with Crippen molar-refractivity contribution in [2.45, 2.75) is 13.8 Å². The Labute approximate surface area is 72.0 Å². The number of hydrogen-bond acceptors (Lipinski definition) is 2. The van der Waals surface area contributed by atoms with E-state index in [0.29, 0.717) is 0 Å². The molecule has 1 heterocycles. The van der Waals surface area contributed by atoms with E-state index in [4.69, 9.17) is 0 Å². The van der Waals surface area contributed by atoms with Crippen LogP contribution in [0.5, 0.6) is 0 Å². The summed E-state index contributed by atoms with van der Waals surface area (Å²) in [6.07, 6.45) is 11.3. The zero-order chi connectivity index (χ0) is 8.81. The highest BCUT2D eigenvalue weighted by molar-refractivity contribution is 5.35. The van der Waals surface area contributed by atoms with Gasteiger partial charge in [-0.15, -0.1) is 0 Å². The molecule has 1 aromatic rings. The molecule has 62 valence electrons. The molecule has 0 fully saturated rings. The van der Waals surface area contributed by atoms with Crippen molar-refractivity contribution in [3.05, 3.63) is 35.2 Å². The van der Waals surface area contributed by atoms with Crippen molar-refractivity contribution in [1.29, 1.82) is 0 Å². The van der Waals surface area contributed by atoms with E-state index in [1.807, 2.05) is 44.3 Å². The predicted molar refractivity (Wildman–Crippen MR) is 50.7 cm³/mol. The third kappa shape index (κ3) is 2.02. The summed E-state index contributed by atoms with van der Waals surface area (Å²) in [7, 11) is 0. The van der Waals surface area contributed by atoms with Crippen LogP contribution in [0.3, 0.4) is 0 Å². The zero-order valence-corrected chi connectivity index (χ0v) is 7.36. The molecule has 2 nitrogen and oxygen atoms in total. The molecular weight excluding hydrogens is 148 g/mol. The largest absolute Gasteiger partial charge is 0.244 e. The topological polar surface area (TPSA) is 25.8 Å². The summed E-state index contributed by atoms with van der Waals surface area (Å²) in [4.78, 5) is 8.08. The summed E-state index contributed by atoms with van der Waals surface area (Å²) in [6, 6.07) is 0. The van der Waals surface area contributed by atoms with Crippen molar-refractivity contribution in [1.82, 2.24) is 9.97 Å².